The lowest BCUT2D eigenvalue weighted by molar-refractivity contribution is -0.137. The lowest BCUT2D eigenvalue weighted by Crippen LogP contribution is -2.13. The lowest BCUT2D eigenvalue weighted by Gasteiger charge is -2.09. The first-order chi connectivity index (χ1) is 14.5. The molecule has 3 rings (SSSR count). The molecule has 31 heavy (non-hydrogen) atoms. The van der Waals surface area contributed by atoms with Gasteiger partial charge in [-0.25, -0.2) is 12.8 Å². The third kappa shape index (κ3) is 6.10. The van der Waals surface area contributed by atoms with Crippen molar-refractivity contribution in [2.75, 3.05) is 5.32 Å². The second-order valence-corrected chi connectivity index (χ2v) is 8.43. The van der Waals surface area contributed by atoms with Crippen molar-refractivity contribution in [2.45, 2.75) is 29.7 Å². The topological polar surface area (TPSA) is 102 Å². The summed E-state index contributed by atoms with van der Waals surface area (Å²) >= 11 is 0. The van der Waals surface area contributed by atoms with Gasteiger partial charge in [0.1, 0.15) is 11.6 Å². The van der Waals surface area contributed by atoms with Crippen molar-refractivity contribution in [3.63, 3.8) is 0 Å². The fourth-order valence-corrected chi connectivity index (χ4v) is 3.74. The molecule has 0 aliphatic carbocycles. The highest BCUT2D eigenvalue weighted by atomic mass is 32.2. The molecule has 0 bridgehead atoms. The number of carbonyl (C=O) groups excluding carboxylic acids is 1. The van der Waals surface area contributed by atoms with Gasteiger partial charge in [0.15, 0.2) is 15.7 Å². The van der Waals surface area contributed by atoms with Crippen LogP contribution in [0.25, 0.3) is 0 Å². The van der Waals surface area contributed by atoms with Crippen LogP contribution in [0.15, 0.2) is 57.9 Å². The summed E-state index contributed by atoms with van der Waals surface area (Å²) in [5.41, 5.74) is -0.911. The summed E-state index contributed by atoms with van der Waals surface area (Å²) in [6.07, 6.45) is -4.76. The normalized spacial score (nSPS) is 12.0. The van der Waals surface area contributed by atoms with E-state index in [9.17, 15) is 30.8 Å². The molecule has 0 saturated heterocycles. The molecular formula is C19H15F4N3O4S. The molecule has 1 N–H and O–H groups in total. The van der Waals surface area contributed by atoms with E-state index >= 15 is 0 Å². The van der Waals surface area contributed by atoms with Crippen molar-refractivity contribution in [2.24, 2.45) is 0 Å². The van der Waals surface area contributed by atoms with Crippen molar-refractivity contribution in [1.82, 2.24) is 10.1 Å². The maximum Gasteiger partial charge on any atom is 0.416 e. The smallest absolute Gasteiger partial charge is 0.339 e. The molecule has 0 fully saturated rings. The van der Waals surface area contributed by atoms with Crippen LogP contribution >= 0.6 is 0 Å². The Morgan fingerprint density at radius 1 is 1.10 bits per heavy atom. The summed E-state index contributed by atoms with van der Waals surface area (Å²) in [6.45, 7) is 0. The molecule has 0 spiro atoms. The number of hydrogen-bond acceptors (Lipinski definition) is 6. The van der Waals surface area contributed by atoms with E-state index in [1.165, 1.54) is 12.1 Å². The van der Waals surface area contributed by atoms with E-state index in [0.29, 0.717) is 0 Å². The molecule has 0 unspecified atom stereocenters. The Morgan fingerprint density at radius 3 is 2.48 bits per heavy atom. The number of alkyl halides is 3. The minimum absolute atomic E-state index is 0.0106. The first kappa shape index (κ1) is 22.4. The van der Waals surface area contributed by atoms with Crippen molar-refractivity contribution in [1.29, 1.82) is 0 Å². The monoisotopic (exact) mass is 457 g/mol. The number of anilines is 1. The summed E-state index contributed by atoms with van der Waals surface area (Å²) in [5, 5.41) is 5.89. The molecular weight excluding hydrogens is 442 g/mol. The highest BCUT2D eigenvalue weighted by Crippen LogP contribution is 2.30. The van der Waals surface area contributed by atoms with E-state index in [2.05, 4.69) is 15.5 Å². The van der Waals surface area contributed by atoms with E-state index in [1.807, 2.05) is 0 Å². The van der Waals surface area contributed by atoms with E-state index in [1.54, 1.807) is 0 Å². The van der Waals surface area contributed by atoms with Gasteiger partial charge in [0.25, 0.3) is 0 Å². The minimum atomic E-state index is -4.53. The standard InChI is InChI=1S/C19H15F4N3O4S/c20-13-4-6-15(7-5-13)31(28,29)11-16-25-18(30-26-16)9-8-17(27)24-14-3-1-2-12(10-14)19(21,22)23/h1-7,10H,8-9,11H2,(H,24,27). The number of carbonyl (C=O) groups is 1. The number of rotatable bonds is 7. The van der Waals surface area contributed by atoms with Crippen LogP contribution in [0.4, 0.5) is 23.2 Å². The molecule has 164 valence electrons. The van der Waals surface area contributed by atoms with Gasteiger partial charge in [-0.2, -0.15) is 18.2 Å². The molecule has 7 nitrogen and oxygen atoms in total. The zero-order valence-corrected chi connectivity index (χ0v) is 16.5. The van der Waals surface area contributed by atoms with Crippen LogP contribution in [0.3, 0.4) is 0 Å². The van der Waals surface area contributed by atoms with Gasteiger partial charge in [-0.1, -0.05) is 11.2 Å². The maximum absolute atomic E-state index is 12.9. The van der Waals surface area contributed by atoms with Crippen LogP contribution in [0.5, 0.6) is 0 Å². The summed E-state index contributed by atoms with van der Waals surface area (Å²) in [7, 11) is -3.83. The highest BCUT2D eigenvalue weighted by Gasteiger charge is 2.30. The van der Waals surface area contributed by atoms with Gasteiger partial charge in [0.05, 0.1) is 10.5 Å². The third-order valence-electron chi connectivity index (χ3n) is 4.04. The molecule has 0 aliphatic heterocycles. The second kappa shape index (κ2) is 8.84. The number of amides is 1. The number of nitrogens with zero attached hydrogens (tertiary/aromatic N) is 2. The van der Waals surface area contributed by atoms with Crippen LogP contribution < -0.4 is 5.32 Å². The van der Waals surface area contributed by atoms with Crippen LogP contribution in [0.1, 0.15) is 23.7 Å². The first-order valence-corrected chi connectivity index (χ1v) is 10.4. The first-order valence-electron chi connectivity index (χ1n) is 8.80. The van der Waals surface area contributed by atoms with Crippen molar-refractivity contribution < 1.29 is 35.3 Å². The van der Waals surface area contributed by atoms with Gasteiger partial charge in [-0.3, -0.25) is 4.79 Å². The van der Waals surface area contributed by atoms with Crippen molar-refractivity contribution in [3.8, 4) is 0 Å². The van der Waals surface area contributed by atoms with Crippen molar-refractivity contribution >= 4 is 21.4 Å². The number of hydrogen-bond donors (Lipinski definition) is 1. The molecule has 0 atom stereocenters. The molecule has 12 heteroatoms. The Bertz CT molecular complexity index is 1180. The average molecular weight is 457 g/mol. The Labute approximate surface area is 174 Å². The second-order valence-electron chi connectivity index (χ2n) is 6.44. The third-order valence-corrected chi connectivity index (χ3v) is 5.67. The summed E-state index contributed by atoms with van der Waals surface area (Å²) < 4.78 is 80.6. The summed E-state index contributed by atoms with van der Waals surface area (Å²) in [5.74, 6) is -1.90. The number of aryl methyl sites for hydroxylation is 1. The predicted octanol–water partition coefficient (Wildman–Crippen LogP) is 3.77. The molecule has 1 aromatic heterocycles. The number of nitrogens with one attached hydrogen (secondary N) is 1. The Kier molecular flexibility index (Phi) is 6.39. The minimum Gasteiger partial charge on any atom is -0.339 e. The van der Waals surface area contributed by atoms with E-state index < -0.39 is 39.1 Å². The molecule has 0 aliphatic rings. The number of sulfone groups is 1. The largest absolute Gasteiger partial charge is 0.416 e. The molecule has 1 heterocycles. The van der Waals surface area contributed by atoms with Gasteiger partial charge >= 0.3 is 6.18 Å². The average Bonchev–Trinajstić information content (AvgIpc) is 3.13. The van der Waals surface area contributed by atoms with E-state index in [4.69, 9.17) is 4.52 Å². The van der Waals surface area contributed by atoms with Gasteiger partial charge in [0.2, 0.25) is 11.8 Å². The number of halogens is 4. The number of benzene rings is 2. The molecule has 3 aromatic rings. The Balaban J connectivity index is 1.56. The van der Waals surface area contributed by atoms with Crippen LogP contribution in [-0.2, 0) is 33.0 Å². The zero-order chi connectivity index (χ0) is 22.6. The quantitative estimate of drug-likeness (QED) is 0.428. The highest BCUT2D eigenvalue weighted by molar-refractivity contribution is 7.90. The van der Waals surface area contributed by atoms with Crippen LogP contribution in [0.2, 0.25) is 0 Å². The predicted molar refractivity (Wildman–Crippen MR) is 100.0 cm³/mol. The Morgan fingerprint density at radius 2 is 1.81 bits per heavy atom. The van der Waals surface area contributed by atoms with E-state index in [0.717, 1.165) is 36.4 Å². The van der Waals surface area contributed by atoms with Gasteiger partial charge in [0, 0.05) is 18.5 Å². The SMILES string of the molecule is O=C(CCc1nc(CS(=O)(=O)c2ccc(F)cc2)no1)Nc1cccc(C(F)(F)F)c1. The Hall–Kier alpha value is -3.28. The summed E-state index contributed by atoms with van der Waals surface area (Å²) in [4.78, 5) is 15.8. The van der Waals surface area contributed by atoms with Gasteiger partial charge < -0.3 is 9.84 Å². The molecule has 0 saturated carbocycles. The number of aromatic nitrogens is 2. The fourth-order valence-electron chi connectivity index (χ4n) is 2.56. The van der Waals surface area contributed by atoms with Gasteiger partial charge in [-0.05, 0) is 42.5 Å². The maximum atomic E-state index is 12.9. The van der Waals surface area contributed by atoms with Crippen molar-refractivity contribution in [3.05, 3.63) is 71.6 Å². The lowest BCUT2D eigenvalue weighted by atomic mass is 10.2. The molecule has 2 aromatic carbocycles. The zero-order valence-electron chi connectivity index (χ0n) is 15.7. The van der Waals surface area contributed by atoms with Gasteiger partial charge in [-0.15, -0.1) is 0 Å². The molecule has 0 radical (unpaired) electrons. The van der Waals surface area contributed by atoms with E-state index in [-0.39, 0.29) is 35.1 Å². The fraction of sp³-hybridized carbons (Fsp3) is 0.211. The molecule has 1 amide bonds. The van der Waals surface area contributed by atoms with Crippen LogP contribution in [-0.4, -0.2) is 24.5 Å². The van der Waals surface area contributed by atoms with Crippen LogP contribution in [0, 0.1) is 5.82 Å². The summed E-state index contributed by atoms with van der Waals surface area (Å²) in [6, 6.07) is 8.43.